The topological polar surface area (TPSA) is 96.2 Å². The number of aliphatic carboxylic acids is 1. The summed E-state index contributed by atoms with van der Waals surface area (Å²) in [5.41, 5.74) is 0.0561. The third-order valence-electron chi connectivity index (χ3n) is 3.36. The molecule has 0 heterocycles. The molecule has 0 radical (unpaired) electrons. The summed E-state index contributed by atoms with van der Waals surface area (Å²) in [5.74, 6) is -0.981. The molecule has 1 aliphatic carbocycles. The van der Waals surface area contributed by atoms with Crippen LogP contribution in [0.4, 0.5) is 0 Å². The maximum Gasteiger partial charge on any atom is 0.327 e. The van der Waals surface area contributed by atoms with Gasteiger partial charge in [-0.15, -0.1) is 0 Å². The molecule has 1 aliphatic rings. The average molecular weight is 294 g/mol. The van der Waals surface area contributed by atoms with Crippen LogP contribution < -0.4 is 0 Å². The summed E-state index contributed by atoms with van der Waals surface area (Å²) in [5, 5.41) is 7.60. The first-order valence-corrected chi connectivity index (χ1v) is 6.64. The van der Waals surface area contributed by atoms with E-state index in [1.165, 1.54) is 0 Å². The highest BCUT2D eigenvalue weighted by molar-refractivity contribution is 5.78. The van der Waals surface area contributed by atoms with Crippen LogP contribution in [0.5, 0.6) is 0 Å². The van der Waals surface area contributed by atoms with Gasteiger partial charge in [0.25, 0.3) is 0 Å². The second-order valence-electron chi connectivity index (χ2n) is 6.38. The number of carboxylic acid groups (broad SMARTS) is 1. The Labute approximate surface area is 124 Å². The molecular weight excluding hydrogens is 272 g/mol. The highest BCUT2D eigenvalue weighted by Gasteiger charge is 2.41. The zero-order chi connectivity index (χ0) is 16.5. The van der Waals surface area contributed by atoms with Crippen molar-refractivity contribution in [3.63, 3.8) is 0 Å². The number of carbonyl (C=O) groups is 1. The predicted octanol–water partition coefficient (Wildman–Crippen LogP) is 2.50. The van der Waals surface area contributed by atoms with Crippen molar-refractivity contribution < 1.29 is 19.5 Å². The van der Waals surface area contributed by atoms with Crippen molar-refractivity contribution in [1.29, 1.82) is 0 Å². The SMILES string of the molecule is C=CC(=O)O.CC1(C)CC(N=C=O)CC(C)(CN=C=O)C1. The molecule has 6 heteroatoms. The third-order valence-corrected chi connectivity index (χ3v) is 3.36. The van der Waals surface area contributed by atoms with Gasteiger partial charge in [-0.25, -0.2) is 24.4 Å². The van der Waals surface area contributed by atoms with Gasteiger partial charge in [0, 0.05) is 6.08 Å². The fourth-order valence-electron chi connectivity index (χ4n) is 3.09. The first-order chi connectivity index (χ1) is 9.68. The molecule has 2 unspecified atom stereocenters. The van der Waals surface area contributed by atoms with Crippen LogP contribution in [0, 0.1) is 10.8 Å². The van der Waals surface area contributed by atoms with E-state index in [4.69, 9.17) is 5.11 Å². The lowest BCUT2D eigenvalue weighted by Gasteiger charge is -2.44. The summed E-state index contributed by atoms with van der Waals surface area (Å²) in [6, 6.07) is 0.00750. The van der Waals surface area contributed by atoms with Gasteiger partial charge in [0.1, 0.15) is 0 Å². The van der Waals surface area contributed by atoms with E-state index in [2.05, 4.69) is 37.3 Å². The lowest BCUT2D eigenvalue weighted by molar-refractivity contribution is -0.131. The zero-order valence-electron chi connectivity index (χ0n) is 12.8. The van der Waals surface area contributed by atoms with E-state index in [9.17, 15) is 14.4 Å². The van der Waals surface area contributed by atoms with Crippen LogP contribution in [0.3, 0.4) is 0 Å². The Morgan fingerprint density at radius 2 is 1.90 bits per heavy atom. The molecule has 116 valence electrons. The van der Waals surface area contributed by atoms with Gasteiger partial charge in [-0.2, -0.15) is 0 Å². The monoisotopic (exact) mass is 294 g/mol. The van der Waals surface area contributed by atoms with Gasteiger partial charge in [0.05, 0.1) is 12.6 Å². The molecule has 0 aromatic carbocycles. The van der Waals surface area contributed by atoms with Crippen LogP contribution in [0.1, 0.15) is 40.0 Å². The molecule has 0 amide bonds. The lowest BCUT2D eigenvalue weighted by Crippen LogP contribution is -2.39. The van der Waals surface area contributed by atoms with Crippen molar-refractivity contribution in [2.24, 2.45) is 20.8 Å². The first-order valence-electron chi connectivity index (χ1n) is 6.64. The second-order valence-corrected chi connectivity index (χ2v) is 6.38. The van der Waals surface area contributed by atoms with E-state index >= 15 is 0 Å². The Kier molecular flexibility index (Phi) is 7.50. The van der Waals surface area contributed by atoms with E-state index in [-0.39, 0.29) is 16.9 Å². The Bertz CT molecular complexity index is 474. The van der Waals surface area contributed by atoms with Crippen LogP contribution in [0.2, 0.25) is 0 Å². The summed E-state index contributed by atoms with van der Waals surface area (Å²) in [6.45, 7) is 9.82. The maximum absolute atomic E-state index is 10.3. The molecule has 0 aromatic rings. The number of rotatable bonds is 4. The molecular formula is C15H22N2O4. The number of nitrogens with zero attached hydrogens (tertiary/aromatic N) is 2. The van der Waals surface area contributed by atoms with E-state index < -0.39 is 5.97 Å². The number of aliphatic imine (C=N–C) groups is 2. The van der Waals surface area contributed by atoms with Gasteiger partial charge in [-0.3, -0.25) is 0 Å². The largest absolute Gasteiger partial charge is 0.478 e. The highest BCUT2D eigenvalue weighted by Crippen LogP contribution is 2.47. The predicted molar refractivity (Wildman–Crippen MR) is 78.5 cm³/mol. The van der Waals surface area contributed by atoms with Gasteiger partial charge in [-0.05, 0) is 30.1 Å². The van der Waals surface area contributed by atoms with Crippen LogP contribution >= 0.6 is 0 Å². The van der Waals surface area contributed by atoms with Crippen LogP contribution in [-0.2, 0) is 14.4 Å². The standard InChI is InChI=1S/C12H18N2O2.C3H4O2/c1-11(2)4-10(14-9-16)5-12(3,6-11)7-13-8-15;1-2-3(4)5/h10H,4-7H2,1-3H3;2H,1H2,(H,4,5). The summed E-state index contributed by atoms with van der Waals surface area (Å²) >= 11 is 0. The zero-order valence-corrected chi connectivity index (χ0v) is 12.8. The Morgan fingerprint density at radius 3 is 2.33 bits per heavy atom. The maximum atomic E-state index is 10.3. The van der Waals surface area contributed by atoms with Crippen molar-refractivity contribution >= 4 is 18.1 Å². The molecule has 0 aliphatic heterocycles. The van der Waals surface area contributed by atoms with Crippen molar-refractivity contribution in [1.82, 2.24) is 0 Å². The van der Waals surface area contributed by atoms with Crippen LogP contribution in [-0.4, -0.2) is 35.8 Å². The molecule has 6 nitrogen and oxygen atoms in total. The van der Waals surface area contributed by atoms with Crippen LogP contribution in [0.25, 0.3) is 0 Å². The number of carboxylic acids is 1. The minimum absolute atomic E-state index is 0.00750. The molecule has 1 fully saturated rings. The Morgan fingerprint density at radius 1 is 1.33 bits per heavy atom. The number of carbonyl (C=O) groups excluding carboxylic acids is 2. The molecule has 21 heavy (non-hydrogen) atoms. The normalized spacial score (nSPS) is 26.1. The highest BCUT2D eigenvalue weighted by atomic mass is 16.4. The van der Waals surface area contributed by atoms with Crippen molar-refractivity contribution in [3.8, 4) is 0 Å². The molecule has 1 saturated carbocycles. The van der Waals surface area contributed by atoms with Gasteiger partial charge in [-0.1, -0.05) is 27.4 Å². The quantitative estimate of drug-likeness (QED) is 0.489. The van der Waals surface area contributed by atoms with E-state index in [0.717, 1.165) is 25.3 Å². The third kappa shape index (κ3) is 7.98. The lowest BCUT2D eigenvalue weighted by atomic mass is 9.63. The van der Waals surface area contributed by atoms with E-state index in [0.29, 0.717) is 6.54 Å². The summed E-state index contributed by atoms with van der Waals surface area (Å²) in [6.07, 6.45) is 6.71. The fourth-order valence-corrected chi connectivity index (χ4v) is 3.09. The molecule has 1 rings (SSSR count). The molecule has 2 atom stereocenters. The van der Waals surface area contributed by atoms with Crippen LogP contribution in [0.15, 0.2) is 22.6 Å². The number of hydrogen-bond acceptors (Lipinski definition) is 5. The van der Waals surface area contributed by atoms with Gasteiger partial charge >= 0.3 is 5.97 Å². The van der Waals surface area contributed by atoms with Gasteiger partial charge in [0.2, 0.25) is 12.2 Å². The Hall–Kier alpha value is -2.03. The van der Waals surface area contributed by atoms with Crippen molar-refractivity contribution in [3.05, 3.63) is 12.7 Å². The summed E-state index contributed by atoms with van der Waals surface area (Å²) in [4.78, 5) is 37.3. The smallest absolute Gasteiger partial charge is 0.327 e. The van der Waals surface area contributed by atoms with Gasteiger partial charge in [0.15, 0.2) is 0 Å². The van der Waals surface area contributed by atoms with Crippen molar-refractivity contribution in [2.45, 2.75) is 46.1 Å². The molecule has 0 saturated heterocycles. The minimum Gasteiger partial charge on any atom is -0.478 e. The van der Waals surface area contributed by atoms with Gasteiger partial charge < -0.3 is 5.11 Å². The first kappa shape index (κ1) is 19.0. The molecule has 0 bridgehead atoms. The van der Waals surface area contributed by atoms with E-state index in [1.54, 1.807) is 12.2 Å². The average Bonchev–Trinajstić information content (AvgIpc) is 2.35. The summed E-state index contributed by atoms with van der Waals surface area (Å²) in [7, 11) is 0. The molecule has 0 aromatic heterocycles. The molecule has 0 spiro atoms. The Balaban J connectivity index is 0.000000690. The van der Waals surface area contributed by atoms with E-state index in [1.807, 2.05) is 0 Å². The summed E-state index contributed by atoms with van der Waals surface area (Å²) < 4.78 is 0. The fraction of sp³-hybridized carbons (Fsp3) is 0.667. The molecule has 1 N–H and O–H groups in total. The number of isocyanates is 2. The van der Waals surface area contributed by atoms with Crippen molar-refractivity contribution in [2.75, 3.05) is 6.54 Å². The minimum atomic E-state index is -0.981. The number of hydrogen-bond donors (Lipinski definition) is 1. The second kappa shape index (κ2) is 8.30.